The molecule has 18 heavy (non-hydrogen) atoms. The van der Waals surface area contributed by atoms with Crippen LogP contribution in [0.3, 0.4) is 0 Å². The molecule has 0 bridgehead atoms. The monoisotopic (exact) mass is 265 g/mol. The second-order valence-corrected chi connectivity index (χ2v) is 5.62. The fourth-order valence-corrected chi connectivity index (χ4v) is 3.18. The molecule has 0 aromatic heterocycles. The van der Waals surface area contributed by atoms with Crippen molar-refractivity contribution in [2.75, 3.05) is 35.7 Å². The van der Waals surface area contributed by atoms with Crippen LogP contribution in [0.5, 0.6) is 0 Å². The molecule has 5 heteroatoms. The number of nitrogen functional groups attached to an aromatic ring is 1. The summed E-state index contributed by atoms with van der Waals surface area (Å²) in [6.07, 6.45) is 0. The van der Waals surface area contributed by atoms with Crippen LogP contribution < -0.4 is 16.0 Å². The molecule has 4 nitrogen and oxygen atoms in total. The van der Waals surface area contributed by atoms with Crippen LogP contribution in [0, 0.1) is 0 Å². The number of hydrogen-bond acceptors (Lipinski definition) is 4. The van der Waals surface area contributed by atoms with Gasteiger partial charge >= 0.3 is 0 Å². The molecule has 1 aliphatic rings. The summed E-state index contributed by atoms with van der Waals surface area (Å²) in [5.41, 5.74) is 8.42. The number of nitrogens with two attached hydrogens (primary N) is 1. The molecule has 2 rings (SSSR count). The van der Waals surface area contributed by atoms with E-state index in [0.717, 1.165) is 29.4 Å². The normalized spacial score (nSPS) is 19.7. The molecule has 0 saturated carbocycles. The lowest BCUT2D eigenvalue weighted by atomic mass is 10.1. The summed E-state index contributed by atoms with van der Waals surface area (Å²) in [6.45, 7) is 3.17. The predicted molar refractivity (Wildman–Crippen MR) is 78.4 cm³/mol. The SMILES string of the molecule is CNC(=O)c1ccc(N)c(N2CCSCC2C)c1. The zero-order valence-corrected chi connectivity index (χ0v) is 11.6. The van der Waals surface area contributed by atoms with Gasteiger partial charge in [-0.15, -0.1) is 0 Å². The Morgan fingerprint density at radius 1 is 1.56 bits per heavy atom. The van der Waals surface area contributed by atoms with Gasteiger partial charge in [-0.05, 0) is 25.1 Å². The van der Waals surface area contributed by atoms with Crippen LogP contribution in [-0.2, 0) is 0 Å². The molecule has 0 radical (unpaired) electrons. The van der Waals surface area contributed by atoms with Crippen LogP contribution in [0.4, 0.5) is 11.4 Å². The molecule has 98 valence electrons. The van der Waals surface area contributed by atoms with E-state index in [9.17, 15) is 4.79 Å². The average Bonchev–Trinajstić information content (AvgIpc) is 2.39. The molecule has 0 aliphatic carbocycles. The van der Waals surface area contributed by atoms with Crippen LogP contribution in [-0.4, -0.2) is 37.0 Å². The Morgan fingerprint density at radius 2 is 2.33 bits per heavy atom. The molecule has 1 fully saturated rings. The third-order valence-electron chi connectivity index (χ3n) is 3.20. The Labute approximate surface area is 112 Å². The topological polar surface area (TPSA) is 58.4 Å². The number of anilines is 2. The van der Waals surface area contributed by atoms with Crippen molar-refractivity contribution in [2.24, 2.45) is 0 Å². The van der Waals surface area contributed by atoms with E-state index in [2.05, 4.69) is 17.1 Å². The van der Waals surface area contributed by atoms with Crippen molar-refractivity contribution < 1.29 is 4.79 Å². The van der Waals surface area contributed by atoms with Gasteiger partial charge in [-0.3, -0.25) is 4.79 Å². The van der Waals surface area contributed by atoms with Crippen molar-refractivity contribution in [3.8, 4) is 0 Å². The number of nitrogens with one attached hydrogen (secondary N) is 1. The summed E-state index contributed by atoms with van der Waals surface area (Å²) in [5, 5.41) is 2.64. The number of benzene rings is 1. The highest BCUT2D eigenvalue weighted by atomic mass is 32.2. The summed E-state index contributed by atoms with van der Waals surface area (Å²) in [5.74, 6) is 2.13. The van der Waals surface area contributed by atoms with Gasteiger partial charge in [0.25, 0.3) is 5.91 Å². The molecule has 1 heterocycles. The van der Waals surface area contributed by atoms with Crippen LogP contribution in [0.2, 0.25) is 0 Å². The van der Waals surface area contributed by atoms with Gasteiger partial charge in [0.15, 0.2) is 0 Å². The Balaban J connectivity index is 2.33. The van der Waals surface area contributed by atoms with Gasteiger partial charge in [0.05, 0.1) is 11.4 Å². The van der Waals surface area contributed by atoms with Crippen molar-refractivity contribution in [3.63, 3.8) is 0 Å². The van der Waals surface area contributed by atoms with Gasteiger partial charge in [-0.25, -0.2) is 0 Å². The lowest BCUT2D eigenvalue weighted by Gasteiger charge is -2.36. The van der Waals surface area contributed by atoms with Crippen LogP contribution in [0.15, 0.2) is 18.2 Å². The molecule has 1 saturated heterocycles. The number of carbonyl (C=O) groups is 1. The highest BCUT2D eigenvalue weighted by Crippen LogP contribution is 2.29. The number of carbonyl (C=O) groups excluding carboxylic acids is 1. The summed E-state index contributed by atoms with van der Waals surface area (Å²) in [7, 11) is 1.64. The minimum Gasteiger partial charge on any atom is -0.397 e. The number of thioether (sulfide) groups is 1. The summed E-state index contributed by atoms with van der Waals surface area (Å²) >= 11 is 1.96. The maximum atomic E-state index is 11.7. The fourth-order valence-electron chi connectivity index (χ4n) is 2.16. The van der Waals surface area contributed by atoms with Crippen molar-refractivity contribution in [1.29, 1.82) is 0 Å². The van der Waals surface area contributed by atoms with Crippen molar-refractivity contribution in [3.05, 3.63) is 23.8 Å². The summed E-state index contributed by atoms with van der Waals surface area (Å²) < 4.78 is 0. The number of hydrogen-bond donors (Lipinski definition) is 2. The molecule has 1 unspecified atom stereocenters. The van der Waals surface area contributed by atoms with Gasteiger partial charge in [0.1, 0.15) is 0 Å². The molecular weight excluding hydrogens is 246 g/mol. The third kappa shape index (κ3) is 2.56. The molecule has 3 N–H and O–H groups in total. The first-order chi connectivity index (χ1) is 8.63. The first-order valence-electron chi connectivity index (χ1n) is 6.09. The van der Waals surface area contributed by atoms with E-state index < -0.39 is 0 Å². The van der Waals surface area contributed by atoms with E-state index >= 15 is 0 Å². The average molecular weight is 265 g/mol. The molecule has 1 aliphatic heterocycles. The largest absolute Gasteiger partial charge is 0.397 e. The molecule has 1 aromatic rings. The maximum Gasteiger partial charge on any atom is 0.251 e. The summed E-state index contributed by atoms with van der Waals surface area (Å²) in [6, 6.07) is 5.92. The summed E-state index contributed by atoms with van der Waals surface area (Å²) in [4.78, 5) is 14.0. The quantitative estimate of drug-likeness (QED) is 0.797. The fraction of sp³-hybridized carbons (Fsp3) is 0.462. The van der Waals surface area contributed by atoms with Crippen molar-refractivity contribution in [1.82, 2.24) is 5.32 Å². The zero-order chi connectivity index (χ0) is 13.1. The molecule has 1 aromatic carbocycles. The first kappa shape index (κ1) is 13.1. The number of amides is 1. The lowest BCUT2D eigenvalue weighted by Crippen LogP contribution is -2.40. The van der Waals surface area contributed by atoms with E-state index in [4.69, 9.17) is 5.73 Å². The van der Waals surface area contributed by atoms with Crippen LogP contribution >= 0.6 is 11.8 Å². The highest BCUT2D eigenvalue weighted by Gasteiger charge is 2.21. The van der Waals surface area contributed by atoms with Gasteiger partial charge in [-0.2, -0.15) is 11.8 Å². The lowest BCUT2D eigenvalue weighted by molar-refractivity contribution is 0.0963. The van der Waals surface area contributed by atoms with E-state index in [1.165, 1.54) is 0 Å². The van der Waals surface area contributed by atoms with E-state index in [-0.39, 0.29) is 5.91 Å². The van der Waals surface area contributed by atoms with Crippen LogP contribution in [0.1, 0.15) is 17.3 Å². The Hall–Kier alpha value is -1.36. The van der Waals surface area contributed by atoms with Gasteiger partial charge in [0, 0.05) is 36.7 Å². The van der Waals surface area contributed by atoms with E-state index in [1.54, 1.807) is 13.1 Å². The van der Waals surface area contributed by atoms with E-state index in [1.807, 2.05) is 23.9 Å². The standard InChI is InChI=1S/C13H19N3OS/c1-9-8-18-6-5-16(9)12-7-10(13(17)15-2)3-4-11(12)14/h3-4,7,9H,5-6,8,14H2,1-2H3,(H,15,17). The minimum atomic E-state index is -0.0738. The van der Waals surface area contributed by atoms with Gasteiger partial charge in [0.2, 0.25) is 0 Å². The third-order valence-corrected chi connectivity index (χ3v) is 4.39. The molecule has 1 amide bonds. The first-order valence-corrected chi connectivity index (χ1v) is 7.25. The smallest absolute Gasteiger partial charge is 0.251 e. The predicted octanol–water partition coefficient (Wildman–Crippen LogP) is 1.57. The number of nitrogens with zero attached hydrogens (tertiary/aromatic N) is 1. The second-order valence-electron chi connectivity index (χ2n) is 4.47. The van der Waals surface area contributed by atoms with Crippen molar-refractivity contribution in [2.45, 2.75) is 13.0 Å². The van der Waals surface area contributed by atoms with Gasteiger partial charge in [-0.1, -0.05) is 0 Å². The maximum absolute atomic E-state index is 11.7. The minimum absolute atomic E-state index is 0.0738. The number of rotatable bonds is 2. The Morgan fingerprint density at radius 3 is 3.00 bits per heavy atom. The van der Waals surface area contributed by atoms with Crippen LogP contribution in [0.25, 0.3) is 0 Å². The highest BCUT2D eigenvalue weighted by molar-refractivity contribution is 7.99. The molecular formula is C13H19N3OS. The van der Waals surface area contributed by atoms with E-state index in [0.29, 0.717) is 11.6 Å². The Bertz CT molecular complexity index is 450. The second kappa shape index (κ2) is 5.52. The zero-order valence-electron chi connectivity index (χ0n) is 10.8. The Kier molecular flexibility index (Phi) is 4.01. The van der Waals surface area contributed by atoms with Crippen molar-refractivity contribution >= 4 is 29.0 Å². The molecule has 1 atom stereocenters. The molecule has 0 spiro atoms. The van der Waals surface area contributed by atoms with Gasteiger partial charge < -0.3 is 16.0 Å².